The smallest absolute Gasteiger partial charge is 0.407 e. The van der Waals surface area contributed by atoms with Crippen molar-refractivity contribution < 1.29 is 19.1 Å². The van der Waals surface area contributed by atoms with E-state index in [-0.39, 0.29) is 11.8 Å². The Morgan fingerprint density at radius 1 is 0.721 bits per heavy atom. The number of alkyl carbamates (subject to hydrolysis) is 1. The van der Waals surface area contributed by atoms with Crippen LogP contribution < -0.4 is 5.32 Å². The standard InChI is InChI=1S/C32H53N7O4/c1-32(2,3)43-31(42)33-13-18-35-19-21-36(25-29(40)38-14-6-4-7-15-38)23-27-11-10-12-28(34-27)24-37(22-20-35)26-30(41)39-16-8-5-9-17-39/h10-12H,4-9,13-26H2,1-3H3,(H,33,42). The normalized spacial score (nSPS) is 20.2. The summed E-state index contributed by atoms with van der Waals surface area (Å²) < 4.78 is 5.42. The molecule has 0 aromatic carbocycles. The van der Waals surface area contributed by atoms with Crippen LogP contribution >= 0.6 is 0 Å². The number of ether oxygens (including phenoxy) is 1. The molecule has 3 aliphatic heterocycles. The SMILES string of the molecule is CC(C)(C)OC(=O)NCCN1CCN(CC(=O)N2CCCCC2)Cc2cccc(n2)CN(CC(=O)N2CCCCC2)CC1. The summed E-state index contributed by atoms with van der Waals surface area (Å²) in [4.78, 5) is 54.4. The molecule has 2 fully saturated rings. The molecule has 240 valence electrons. The van der Waals surface area contributed by atoms with Crippen molar-refractivity contribution in [1.29, 1.82) is 0 Å². The van der Waals surface area contributed by atoms with Crippen molar-refractivity contribution in [3.8, 4) is 0 Å². The molecule has 1 aromatic rings. The van der Waals surface area contributed by atoms with Crippen molar-refractivity contribution in [2.45, 2.75) is 78.0 Å². The minimum Gasteiger partial charge on any atom is -0.444 e. The van der Waals surface area contributed by atoms with E-state index in [2.05, 4.69) is 20.0 Å². The number of rotatable bonds is 7. The van der Waals surface area contributed by atoms with Crippen LogP contribution in [0.15, 0.2) is 18.2 Å². The van der Waals surface area contributed by atoms with Crippen LogP contribution in [-0.4, -0.2) is 132 Å². The summed E-state index contributed by atoms with van der Waals surface area (Å²) in [6.45, 7) is 14.8. The summed E-state index contributed by atoms with van der Waals surface area (Å²) >= 11 is 0. The molecular formula is C32H53N7O4. The Balaban J connectivity index is 1.46. The molecule has 1 aromatic heterocycles. The molecule has 0 radical (unpaired) electrons. The average Bonchev–Trinajstić information content (AvgIpc) is 2.97. The van der Waals surface area contributed by atoms with Gasteiger partial charge >= 0.3 is 6.09 Å². The summed E-state index contributed by atoms with van der Waals surface area (Å²) in [5.74, 6) is 0.368. The topological polar surface area (TPSA) is 102 Å². The highest BCUT2D eigenvalue weighted by atomic mass is 16.6. The molecule has 43 heavy (non-hydrogen) atoms. The van der Waals surface area contributed by atoms with Crippen LogP contribution in [0.25, 0.3) is 0 Å². The van der Waals surface area contributed by atoms with Gasteiger partial charge in [0.15, 0.2) is 0 Å². The molecule has 1 N–H and O–H groups in total. The molecule has 3 aliphatic rings. The van der Waals surface area contributed by atoms with E-state index in [1.54, 1.807) is 0 Å². The van der Waals surface area contributed by atoms with E-state index in [4.69, 9.17) is 9.72 Å². The van der Waals surface area contributed by atoms with E-state index < -0.39 is 11.7 Å². The van der Waals surface area contributed by atoms with Crippen LogP contribution in [0.4, 0.5) is 4.79 Å². The monoisotopic (exact) mass is 599 g/mol. The van der Waals surface area contributed by atoms with Crippen molar-refractivity contribution in [2.75, 3.05) is 78.5 Å². The highest BCUT2D eigenvalue weighted by molar-refractivity contribution is 5.78. The number of pyridine rings is 1. The Morgan fingerprint density at radius 2 is 1.19 bits per heavy atom. The van der Waals surface area contributed by atoms with Crippen LogP contribution in [0.3, 0.4) is 0 Å². The molecule has 0 aliphatic carbocycles. The first-order valence-electron chi connectivity index (χ1n) is 16.3. The zero-order valence-electron chi connectivity index (χ0n) is 26.7. The minimum atomic E-state index is -0.551. The first-order chi connectivity index (χ1) is 20.6. The Morgan fingerprint density at radius 3 is 1.65 bits per heavy atom. The summed E-state index contributed by atoms with van der Waals surface area (Å²) in [7, 11) is 0. The van der Waals surface area contributed by atoms with Crippen LogP contribution in [0.2, 0.25) is 0 Å². The lowest BCUT2D eigenvalue weighted by atomic mass is 10.1. The molecule has 2 bridgehead atoms. The Hall–Kier alpha value is -2.76. The average molecular weight is 600 g/mol. The number of carbonyl (C=O) groups is 3. The predicted molar refractivity (Wildman–Crippen MR) is 166 cm³/mol. The first kappa shape index (κ1) is 33.1. The van der Waals surface area contributed by atoms with Gasteiger partial charge in [0.25, 0.3) is 0 Å². The van der Waals surface area contributed by atoms with Crippen molar-refractivity contribution in [3.63, 3.8) is 0 Å². The number of hydrogen-bond donors (Lipinski definition) is 1. The fraction of sp³-hybridized carbons (Fsp3) is 0.750. The van der Waals surface area contributed by atoms with E-state index in [0.29, 0.717) is 52.4 Å². The van der Waals surface area contributed by atoms with Crippen molar-refractivity contribution in [3.05, 3.63) is 29.6 Å². The van der Waals surface area contributed by atoms with Gasteiger partial charge in [0.1, 0.15) is 5.60 Å². The van der Waals surface area contributed by atoms with Gasteiger partial charge in [0.05, 0.1) is 24.5 Å². The molecule has 0 saturated carbocycles. The number of nitrogens with one attached hydrogen (secondary N) is 1. The second kappa shape index (κ2) is 16.4. The molecule has 0 atom stereocenters. The summed E-state index contributed by atoms with van der Waals surface area (Å²) in [6, 6.07) is 6.09. The Bertz CT molecular complexity index is 989. The quantitative estimate of drug-likeness (QED) is 0.511. The third-order valence-corrected chi connectivity index (χ3v) is 8.33. The molecule has 0 unspecified atom stereocenters. The summed E-state index contributed by atoms with van der Waals surface area (Å²) in [5.41, 5.74) is 1.32. The van der Waals surface area contributed by atoms with E-state index >= 15 is 0 Å². The van der Waals surface area contributed by atoms with Crippen LogP contribution in [-0.2, 0) is 27.4 Å². The second-order valence-corrected chi connectivity index (χ2v) is 13.2. The lowest BCUT2D eigenvalue weighted by Gasteiger charge is -2.33. The largest absolute Gasteiger partial charge is 0.444 e. The van der Waals surface area contributed by atoms with Crippen LogP contribution in [0.1, 0.15) is 70.7 Å². The molecular weight excluding hydrogens is 546 g/mol. The van der Waals surface area contributed by atoms with Gasteiger partial charge in [0, 0.05) is 78.5 Å². The number of amides is 3. The van der Waals surface area contributed by atoms with Gasteiger partial charge in [-0.05, 0) is 71.4 Å². The van der Waals surface area contributed by atoms with Gasteiger partial charge in [-0.25, -0.2) is 4.79 Å². The van der Waals surface area contributed by atoms with Gasteiger partial charge in [0.2, 0.25) is 11.8 Å². The zero-order valence-corrected chi connectivity index (χ0v) is 26.7. The van der Waals surface area contributed by atoms with Crippen LogP contribution in [0.5, 0.6) is 0 Å². The second-order valence-electron chi connectivity index (χ2n) is 13.2. The number of piperidine rings is 2. The molecule has 4 heterocycles. The molecule has 4 rings (SSSR count). The maximum absolute atomic E-state index is 13.2. The van der Waals surface area contributed by atoms with Gasteiger partial charge in [-0.3, -0.25) is 29.3 Å². The fourth-order valence-corrected chi connectivity index (χ4v) is 5.99. The predicted octanol–water partition coefficient (Wildman–Crippen LogP) is 2.55. The van der Waals surface area contributed by atoms with E-state index in [0.717, 1.165) is 76.3 Å². The third-order valence-electron chi connectivity index (χ3n) is 8.33. The maximum Gasteiger partial charge on any atom is 0.407 e. The fourth-order valence-electron chi connectivity index (χ4n) is 5.99. The van der Waals surface area contributed by atoms with Gasteiger partial charge in [-0.1, -0.05) is 6.07 Å². The van der Waals surface area contributed by atoms with Crippen molar-refractivity contribution >= 4 is 17.9 Å². The first-order valence-corrected chi connectivity index (χ1v) is 16.3. The zero-order chi connectivity index (χ0) is 30.7. The van der Waals surface area contributed by atoms with Crippen molar-refractivity contribution in [2.24, 2.45) is 0 Å². The summed E-state index contributed by atoms with van der Waals surface area (Å²) in [6.07, 6.45) is 6.26. The van der Waals surface area contributed by atoms with Gasteiger partial charge < -0.3 is 19.9 Å². The molecule has 3 amide bonds. The lowest BCUT2D eigenvalue weighted by molar-refractivity contribution is -0.134. The Kier molecular flexibility index (Phi) is 12.6. The number of hydrogen-bond acceptors (Lipinski definition) is 8. The van der Waals surface area contributed by atoms with Crippen molar-refractivity contribution in [1.82, 2.24) is 34.8 Å². The lowest BCUT2D eigenvalue weighted by Crippen LogP contribution is -2.48. The number of carbonyl (C=O) groups excluding carboxylic acids is 3. The number of nitrogens with zero attached hydrogens (tertiary/aromatic N) is 6. The van der Waals surface area contributed by atoms with E-state index in [9.17, 15) is 14.4 Å². The number of fused-ring (bicyclic) bond motifs is 2. The Labute approximate surface area is 257 Å². The van der Waals surface area contributed by atoms with E-state index in [1.807, 2.05) is 48.8 Å². The highest BCUT2D eigenvalue weighted by Crippen LogP contribution is 2.14. The number of likely N-dealkylation sites (tertiary alicyclic amines) is 2. The van der Waals surface area contributed by atoms with Gasteiger partial charge in [-0.2, -0.15) is 0 Å². The highest BCUT2D eigenvalue weighted by Gasteiger charge is 2.24. The molecule has 0 spiro atoms. The molecule has 2 saturated heterocycles. The van der Waals surface area contributed by atoms with E-state index in [1.165, 1.54) is 12.8 Å². The summed E-state index contributed by atoms with van der Waals surface area (Å²) in [5, 5.41) is 2.89. The van der Waals surface area contributed by atoms with Crippen LogP contribution in [0, 0.1) is 0 Å². The molecule has 11 heteroatoms. The number of aromatic nitrogens is 1. The maximum atomic E-state index is 13.2. The van der Waals surface area contributed by atoms with Gasteiger partial charge in [-0.15, -0.1) is 0 Å². The molecule has 11 nitrogen and oxygen atoms in total. The minimum absolute atomic E-state index is 0.184. The third kappa shape index (κ3) is 11.7.